The molecule has 0 spiro atoms. The van der Waals surface area contributed by atoms with E-state index in [2.05, 4.69) is 10.2 Å². The number of carbonyl (C=O) groups is 2. The lowest BCUT2D eigenvalue weighted by atomic mass is 10.2. The number of ether oxygens (including phenoxy) is 1. The van der Waals surface area contributed by atoms with Crippen molar-refractivity contribution in [2.45, 2.75) is 57.0 Å². The minimum atomic E-state index is -3.60. The van der Waals surface area contributed by atoms with Gasteiger partial charge in [0.25, 0.3) is 5.91 Å². The van der Waals surface area contributed by atoms with E-state index in [9.17, 15) is 18.0 Å². The highest BCUT2D eigenvalue weighted by molar-refractivity contribution is 7.89. The zero-order valence-electron chi connectivity index (χ0n) is 20.6. The Labute approximate surface area is 203 Å². The number of rotatable bonds is 6. The molecule has 1 N–H and O–H groups in total. The van der Waals surface area contributed by atoms with Gasteiger partial charge in [-0.3, -0.25) is 9.69 Å². The van der Waals surface area contributed by atoms with Crippen LogP contribution in [0.5, 0.6) is 0 Å². The van der Waals surface area contributed by atoms with E-state index in [0.29, 0.717) is 57.9 Å². The average molecular weight is 495 g/mol. The van der Waals surface area contributed by atoms with Gasteiger partial charge in [0, 0.05) is 57.9 Å². The summed E-state index contributed by atoms with van der Waals surface area (Å²) in [5.74, 6) is -0.291. The fourth-order valence-electron chi connectivity index (χ4n) is 4.14. The van der Waals surface area contributed by atoms with Crippen LogP contribution in [-0.2, 0) is 14.8 Å². The monoisotopic (exact) mass is 494 g/mol. The second kappa shape index (κ2) is 11.5. The molecule has 2 aliphatic heterocycles. The van der Waals surface area contributed by atoms with Crippen LogP contribution in [0.3, 0.4) is 0 Å². The number of amides is 2. The van der Waals surface area contributed by atoms with Gasteiger partial charge in [0.15, 0.2) is 0 Å². The van der Waals surface area contributed by atoms with Crippen LogP contribution in [0.15, 0.2) is 29.2 Å². The zero-order valence-corrected chi connectivity index (χ0v) is 21.4. The van der Waals surface area contributed by atoms with Crippen LogP contribution >= 0.6 is 0 Å². The molecule has 0 atom stereocenters. The van der Waals surface area contributed by atoms with Gasteiger partial charge in [0.05, 0.1) is 4.90 Å². The van der Waals surface area contributed by atoms with Crippen LogP contribution in [0.1, 0.15) is 56.8 Å². The van der Waals surface area contributed by atoms with E-state index in [0.717, 1.165) is 25.7 Å². The molecule has 3 rings (SSSR count). The Morgan fingerprint density at radius 3 is 2.24 bits per heavy atom. The predicted molar refractivity (Wildman–Crippen MR) is 130 cm³/mol. The summed E-state index contributed by atoms with van der Waals surface area (Å²) < 4.78 is 33.0. The van der Waals surface area contributed by atoms with Crippen molar-refractivity contribution in [1.82, 2.24) is 19.4 Å². The summed E-state index contributed by atoms with van der Waals surface area (Å²) in [6, 6.07) is 6.28. The summed E-state index contributed by atoms with van der Waals surface area (Å²) in [5.41, 5.74) is -0.173. The number of benzene rings is 1. The first-order valence-corrected chi connectivity index (χ1v) is 13.6. The smallest absolute Gasteiger partial charge is 0.410 e. The van der Waals surface area contributed by atoms with Crippen molar-refractivity contribution in [3.05, 3.63) is 29.8 Å². The largest absolute Gasteiger partial charge is 0.444 e. The molecular weight excluding hydrogens is 456 g/mol. The number of sulfonamides is 1. The van der Waals surface area contributed by atoms with Crippen molar-refractivity contribution < 1.29 is 22.7 Å². The lowest BCUT2D eigenvalue weighted by Gasteiger charge is -2.35. The van der Waals surface area contributed by atoms with Crippen LogP contribution in [0, 0.1) is 0 Å². The van der Waals surface area contributed by atoms with Gasteiger partial charge in [-0.25, -0.2) is 13.2 Å². The Balaban J connectivity index is 1.47. The lowest BCUT2D eigenvalue weighted by Crippen LogP contribution is -2.51. The molecule has 2 saturated heterocycles. The molecule has 2 heterocycles. The van der Waals surface area contributed by atoms with Gasteiger partial charge >= 0.3 is 6.09 Å². The Hall–Kier alpha value is -2.17. The molecule has 2 amide bonds. The maximum absolute atomic E-state index is 13.0. The Kier molecular flexibility index (Phi) is 8.95. The number of piperazine rings is 1. The highest BCUT2D eigenvalue weighted by atomic mass is 32.2. The van der Waals surface area contributed by atoms with Gasteiger partial charge < -0.3 is 15.0 Å². The normalized spacial score (nSPS) is 18.9. The maximum atomic E-state index is 13.0. The topological polar surface area (TPSA) is 99.3 Å². The first-order valence-electron chi connectivity index (χ1n) is 12.1. The molecule has 0 radical (unpaired) electrons. The van der Waals surface area contributed by atoms with Crippen molar-refractivity contribution in [3.63, 3.8) is 0 Å². The van der Waals surface area contributed by atoms with Gasteiger partial charge in [-0.15, -0.1) is 0 Å². The van der Waals surface area contributed by atoms with Gasteiger partial charge in [0.2, 0.25) is 10.0 Å². The van der Waals surface area contributed by atoms with Crippen LogP contribution < -0.4 is 5.32 Å². The molecule has 0 bridgehead atoms. The number of carbonyl (C=O) groups excluding carboxylic acids is 2. The SMILES string of the molecule is CC(C)(C)OC(=O)N1CCN(CCNC(=O)c2cccc(S(=O)(=O)N3CCCCCC3)c2)CC1. The second-order valence-electron chi connectivity index (χ2n) is 9.91. The number of nitrogens with zero attached hydrogens (tertiary/aromatic N) is 3. The van der Waals surface area contributed by atoms with Crippen molar-refractivity contribution in [3.8, 4) is 0 Å². The predicted octanol–water partition coefficient (Wildman–Crippen LogP) is 2.53. The van der Waals surface area contributed by atoms with Crippen LogP contribution in [-0.4, -0.2) is 92.5 Å². The first kappa shape index (κ1) is 26.4. The third kappa shape index (κ3) is 7.41. The Morgan fingerprint density at radius 2 is 1.62 bits per heavy atom. The van der Waals surface area contributed by atoms with Crippen molar-refractivity contribution in [1.29, 1.82) is 0 Å². The molecule has 2 aliphatic rings. The summed E-state index contributed by atoms with van der Waals surface area (Å²) in [5, 5.41) is 2.89. The van der Waals surface area contributed by atoms with E-state index in [-0.39, 0.29) is 16.9 Å². The lowest BCUT2D eigenvalue weighted by molar-refractivity contribution is 0.0147. The summed E-state index contributed by atoms with van der Waals surface area (Å²) >= 11 is 0. The van der Waals surface area contributed by atoms with Crippen molar-refractivity contribution in [2.75, 3.05) is 52.4 Å². The zero-order chi connectivity index (χ0) is 24.8. The molecule has 0 aromatic heterocycles. The van der Waals surface area contributed by atoms with E-state index >= 15 is 0 Å². The Morgan fingerprint density at radius 1 is 0.971 bits per heavy atom. The summed E-state index contributed by atoms with van der Waals surface area (Å²) in [6.45, 7) is 10.3. The van der Waals surface area contributed by atoms with E-state index < -0.39 is 15.6 Å². The molecular formula is C24H38N4O5S. The summed E-state index contributed by atoms with van der Waals surface area (Å²) in [6.07, 6.45) is 3.53. The number of hydrogen-bond acceptors (Lipinski definition) is 6. The van der Waals surface area contributed by atoms with Gasteiger partial charge in [0.1, 0.15) is 5.60 Å². The summed E-state index contributed by atoms with van der Waals surface area (Å²) in [7, 11) is -3.60. The molecule has 34 heavy (non-hydrogen) atoms. The van der Waals surface area contributed by atoms with Gasteiger partial charge in [-0.1, -0.05) is 18.9 Å². The maximum Gasteiger partial charge on any atom is 0.410 e. The standard InChI is InChI=1S/C24H38N4O5S/c1-24(2,3)33-23(30)27-17-15-26(16-18-27)14-11-25-22(29)20-9-8-10-21(19-20)34(31,32)28-12-6-4-5-7-13-28/h8-10,19H,4-7,11-18H2,1-3H3,(H,25,29). The third-order valence-corrected chi connectivity index (χ3v) is 7.93. The number of hydrogen-bond donors (Lipinski definition) is 1. The second-order valence-corrected chi connectivity index (χ2v) is 11.8. The molecule has 1 aromatic carbocycles. The fourth-order valence-corrected chi connectivity index (χ4v) is 5.70. The van der Waals surface area contributed by atoms with Crippen LogP contribution in [0.25, 0.3) is 0 Å². The van der Waals surface area contributed by atoms with Crippen molar-refractivity contribution in [2.24, 2.45) is 0 Å². The fraction of sp³-hybridized carbons (Fsp3) is 0.667. The average Bonchev–Trinajstić information content (AvgIpc) is 3.09. The molecule has 0 unspecified atom stereocenters. The van der Waals surface area contributed by atoms with Crippen molar-refractivity contribution >= 4 is 22.0 Å². The minimum absolute atomic E-state index is 0.167. The quantitative estimate of drug-likeness (QED) is 0.653. The van der Waals surface area contributed by atoms with Gasteiger partial charge in [-0.05, 0) is 51.8 Å². The number of nitrogens with one attached hydrogen (secondary N) is 1. The van der Waals surface area contributed by atoms with Crippen LogP contribution in [0.4, 0.5) is 4.79 Å². The molecule has 190 valence electrons. The molecule has 10 heteroatoms. The highest BCUT2D eigenvalue weighted by Gasteiger charge is 2.27. The first-order chi connectivity index (χ1) is 16.1. The van der Waals surface area contributed by atoms with Gasteiger partial charge in [-0.2, -0.15) is 4.31 Å². The van der Waals surface area contributed by atoms with E-state index in [1.54, 1.807) is 23.1 Å². The van der Waals surface area contributed by atoms with E-state index in [4.69, 9.17) is 4.74 Å². The molecule has 0 saturated carbocycles. The molecule has 1 aromatic rings. The van der Waals surface area contributed by atoms with E-state index in [1.165, 1.54) is 10.4 Å². The van der Waals surface area contributed by atoms with E-state index in [1.807, 2.05) is 20.8 Å². The van der Waals surface area contributed by atoms with Crippen LogP contribution in [0.2, 0.25) is 0 Å². The minimum Gasteiger partial charge on any atom is -0.444 e. The Bertz CT molecular complexity index is 944. The third-order valence-electron chi connectivity index (χ3n) is 6.04. The highest BCUT2D eigenvalue weighted by Crippen LogP contribution is 2.21. The molecule has 0 aliphatic carbocycles. The molecule has 9 nitrogen and oxygen atoms in total. The summed E-state index contributed by atoms with van der Waals surface area (Å²) in [4.78, 5) is 28.9. The molecule has 2 fully saturated rings.